The lowest BCUT2D eigenvalue weighted by molar-refractivity contribution is 0.216. The molecule has 0 aromatic carbocycles. The van der Waals surface area contributed by atoms with E-state index in [1.54, 1.807) is 0 Å². The second-order valence-corrected chi connectivity index (χ2v) is 4.29. The van der Waals surface area contributed by atoms with Gasteiger partial charge in [0.2, 0.25) is 0 Å². The van der Waals surface area contributed by atoms with Crippen molar-refractivity contribution in [3.8, 4) is 0 Å². The Hall–Kier alpha value is -1.29. The standard InChI is InChI=1S/C13H21N3O/c1-4-11-10(9-16(3)15-11)13(14-5-2)12-7-6-8-17-12/h7,9,13-14H,4-6,8H2,1-3H3. The fourth-order valence-electron chi connectivity index (χ4n) is 2.27. The zero-order chi connectivity index (χ0) is 12.3. The van der Waals surface area contributed by atoms with Crippen LogP contribution >= 0.6 is 0 Å². The molecule has 4 heteroatoms. The Morgan fingerprint density at radius 2 is 2.35 bits per heavy atom. The second-order valence-electron chi connectivity index (χ2n) is 4.29. The molecule has 0 spiro atoms. The number of aromatic nitrogens is 2. The van der Waals surface area contributed by atoms with Crippen LogP contribution in [0.5, 0.6) is 0 Å². The smallest absolute Gasteiger partial charge is 0.114 e. The molecule has 94 valence electrons. The molecule has 1 aromatic heterocycles. The highest BCUT2D eigenvalue weighted by molar-refractivity contribution is 5.29. The third-order valence-electron chi connectivity index (χ3n) is 3.01. The summed E-state index contributed by atoms with van der Waals surface area (Å²) in [7, 11) is 1.97. The fraction of sp³-hybridized carbons (Fsp3) is 0.615. The summed E-state index contributed by atoms with van der Waals surface area (Å²) in [6.07, 6.45) is 6.23. The summed E-state index contributed by atoms with van der Waals surface area (Å²) in [5.41, 5.74) is 2.39. The molecule has 17 heavy (non-hydrogen) atoms. The topological polar surface area (TPSA) is 39.1 Å². The van der Waals surface area contributed by atoms with Crippen molar-refractivity contribution < 1.29 is 4.74 Å². The number of hydrogen-bond donors (Lipinski definition) is 1. The van der Waals surface area contributed by atoms with Crippen molar-refractivity contribution >= 4 is 0 Å². The van der Waals surface area contributed by atoms with E-state index in [2.05, 4.69) is 36.5 Å². The molecule has 0 fully saturated rings. The van der Waals surface area contributed by atoms with Crippen LogP contribution in [0, 0.1) is 0 Å². The molecule has 0 saturated carbocycles. The first kappa shape index (κ1) is 12.2. The normalized spacial score (nSPS) is 16.8. The SMILES string of the molecule is CCNC(C1=CCCO1)c1cn(C)nc1CC. The van der Waals surface area contributed by atoms with E-state index in [9.17, 15) is 0 Å². The zero-order valence-electron chi connectivity index (χ0n) is 10.9. The van der Waals surface area contributed by atoms with E-state index in [4.69, 9.17) is 4.74 Å². The summed E-state index contributed by atoms with van der Waals surface area (Å²) in [5.74, 6) is 1.05. The molecule has 0 saturated heterocycles. The van der Waals surface area contributed by atoms with Gasteiger partial charge in [-0.3, -0.25) is 4.68 Å². The van der Waals surface area contributed by atoms with E-state index in [-0.39, 0.29) is 6.04 Å². The fourth-order valence-corrected chi connectivity index (χ4v) is 2.27. The number of nitrogens with zero attached hydrogens (tertiary/aromatic N) is 2. The molecule has 0 aliphatic carbocycles. The molecule has 4 nitrogen and oxygen atoms in total. The maximum Gasteiger partial charge on any atom is 0.114 e. The monoisotopic (exact) mass is 235 g/mol. The van der Waals surface area contributed by atoms with Gasteiger partial charge in [-0.25, -0.2) is 0 Å². The largest absolute Gasteiger partial charge is 0.496 e. The van der Waals surface area contributed by atoms with Crippen molar-refractivity contribution in [2.24, 2.45) is 7.05 Å². The Kier molecular flexibility index (Phi) is 3.84. The summed E-state index contributed by atoms with van der Waals surface area (Å²) in [6, 6.07) is 0.158. The van der Waals surface area contributed by atoms with Crippen molar-refractivity contribution in [2.75, 3.05) is 13.2 Å². The molecule has 2 rings (SSSR count). The van der Waals surface area contributed by atoms with Crippen LogP contribution in [-0.2, 0) is 18.2 Å². The summed E-state index contributed by atoms with van der Waals surface area (Å²) < 4.78 is 7.58. The van der Waals surface area contributed by atoms with E-state index >= 15 is 0 Å². The maximum absolute atomic E-state index is 5.69. The van der Waals surface area contributed by atoms with Crippen molar-refractivity contribution in [1.29, 1.82) is 0 Å². The number of likely N-dealkylation sites (N-methyl/N-ethyl adjacent to an activating group) is 1. The Bertz CT molecular complexity index is 409. The van der Waals surface area contributed by atoms with Crippen LogP contribution < -0.4 is 5.32 Å². The quantitative estimate of drug-likeness (QED) is 0.847. The Morgan fingerprint density at radius 3 is 2.94 bits per heavy atom. The Labute approximate surface area is 103 Å². The summed E-state index contributed by atoms with van der Waals surface area (Å²) in [5, 5.41) is 7.98. The second kappa shape index (κ2) is 5.36. The van der Waals surface area contributed by atoms with Gasteiger partial charge < -0.3 is 10.1 Å². The van der Waals surface area contributed by atoms with Gasteiger partial charge in [0.15, 0.2) is 0 Å². The van der Waals surface area contributed by atoms with E-state index < -0.39 is 0 Å². The molecule has 0 bridgehead atoms. The predicted octanol–water partition coefficient (Wildman–Crippen LogP) is 1.94. The lowest BCUT2D eigenvalue weighted by atomic mass is 10.0. The first-order valence-corrected chi connectivity index (χ1v) is 6.34. The molecular weight excluding hydrogens is 214 g/mol. The van der Waals surface area contributed by atoms with Crippen molar-refractivity contribution in [3.05, 3.63) is 29.3 Å². The molecule has 0 amide bonds. The van der Waals surface area contributed by atoms with Gasteiger partial charge in [0.05, 0.1) is 18.3 Å². The number of hydrogen-bond acceptors (Lipinski definition) is 3. The first-order valence-electron chi connectivity index (χ1n) is 6.34. The van der Waals surface area contributed by atoms with Gasteiger partial charge in [0.1, 0.15) is 5.76 Å². The molecule has 1 unspecified atom stereocenters. The molecule has 1 aliphatic rings. The number of nitrogens with one attached hydrogen (secondary N) is 1. The van der Waals surface area contributed by atoms with Gasteiger partial charge in [0.25, 0.3) is 0 Å². The van der Waals surface area contributed by atoms with Crippen LogP contribution in [0.4, 0.5) is 0 Å². The van der Waals surface area contributed by atoms with E-state index in [0.29, 0.717) is 0 Å². The van der Waals surface area contributed by atoms with Crippen LogP contribution in [0.2, 0.25) is 0 Å². The molecule has 1 atom stereocenters. The molecule has 2 heterocycles. The minimum atomic E-state index is 0.158. The average molecular weight is 235 g/mol. The van der Waals surface area contributed by atoms with Crippen LogP contribution in [0.25, 0.3) is 0 Å². The van der Waals surface area contributed by atoms with Crippen LogP contribution in [0.15, 0.2) is 18.0 Å². The van der Waals surface area contributed by atoms with Gasteiger partial charge in [-0.1, -0.05) is 13.8 Å². The van der Waals surface area contributed by atoms with E-state index in [0.717, 1.165) is 37.4 Å². The number of ether oxygens (including phenoxy) is 1. The highest BCUT2D eigenvalue weighted by atomic mass is 16.5. The Balaban J connectivity index is 2.30. The molecule has 0 radical (unpaired) electrons. The van der Waals surface area contributed by atoms with Crippen molar-refractivity contribution in [1.82, 2.24) is 15.1 Å². The van der Waals surface area contributed by atoms with E-state index in [1.165, 1.54) is 5.56 Å². The van der Waals surface area contributed by atoms with Crippen LogP contribution in [0.1, 0.15) is 37.6 Å². The molecule has 1 aliphatic heterocycles. The van der Waals surface area contributed by atoms with Crippen LogP contribution in [-0.4, -0.2) is 22.9 Å². The van der Waals surface area contributed by atoms with Gasteiger partial charge in [-0.2, -0.15) is 5.10 Å². The van der Waals surface area contributed by atoms with Crippen molar-refractivity contribution in [3.63, 3.8) is 0 Å². The number of rotatable bonds is 5. The average Bonchev–Trinajstić information content (AvgIpc) is 2.94. The van der Waals surface area contributed by atoms with Crippen LogP contribution in [0.3, 0.4) is 0 Å². The number of aryl methyl sites for hydroxylation is 2. The van der Waals surface area contributed by atoms with Gasteiger partial charge in [-0.15, -0.1) is 0 Å². The molecule has 1 N–H and O–H groups in total. The third-order valence-corrected chi connectivity index (χ3v) is 3.01. The Morgan fingerprint density at radius 1 is 1.53 bits per heavy atom. The van der Waals surface area contributed by atoms with Crippen molar-refractivity contribution in [2.45, 2.75) is 32.7 Å². The maximum atomic E-state index is 5.69. The minimum Gasteiger partial charge on any atom is -0.496 e. The lowest BCUT2D eigenvalue weighted by Crippen LogP contribution is -2.23. The van der Waals surface area contributed by atoms with E-state index in [1.807, 2.05) is 11.7 Å². The highest BCUT2D eigenvalue weighted by Crippen LogP contribution is 2.28. The van der Waals surface area contributed by atoms with Gasteiger partial charge in [-0.05, 0) is 19.0 Å². The molecule has 1 aromatic rings. The highest BCUT2D eigenvalue weighted by Gasteiger charge is 2.23. The predicted molar refractivity (Wildman–Crippen MR) is 67.7 cm³/mol. The van der Waals surface area contributed by atoms with Gasteiger partial charge in [0, 0.05) is 25.2 Å². The molecular formula is C13H21N3O. The lowest BCUT2D eigenvalue weighted by Gasteiger charge is -2.18. The van der Waals surface area contributed by atoms with Gasteiger partial charge >= 0.3 is 0 Å². The summed E-state index contributed by atoms with van der Waals surface area (Å²) >= 11 is 0. The third kappa shape index (κ3) is 2.52. The summed E-state index contributed by atoms with van der Waals surface area (Å²) in [6.45, 7) is 5.98. The first-order chi connectivity index (χ1) is 8.26. The summed E-state index contributed by atoms with van der Waals surface area (Å²) in [4.78, 5) is 0. The minimum absolute atomic E-state index is 0.158. The zero-order valence-corrected chi connectivity index (χ0v) is 10.9.